The van der Waals surface area contributed by atoms with E-state index in [9.17, 15) is 14.4 Å². The van der Waals surface area contributed by atoms with Crippen molar-refractivity contribution in [1.29, 1.82) is 0 Å². The lowest BCUT2D eigenvalue weighted by Crippen LogP contribution is -2.35. The van der Waals surface area contributed by atoms with Crippen LogP contribution in [-0.4, -0.2) is 36.0 Å². The summed E-state index contributed by atoms with van der Waals surface area (Å²) in [6.45, 7) is 3.88. The molecule has 16 heavy (non-hydrogen) atoms. The fraction of sp³-hybridized carbons (Fsp3) is 0.500. The van der Waals surface area contributed by atoms with Gasteiger partial charge in [-0.3, -0.25) is 14.4 Å². The van der Waals surface area contributed by atoms with Gasteiger partial charge in [0.15, 0.2) is 0 Å². The van der Waals surface area contributed by atoms with E-state index in [-0.39, 0.29) is 11.8 Å². The summed E-state index contributed by atoms with van der Waals surface area (Å²) in [6, 6.07) is 0. The minimum atomic E-state index is -0.930. The molecule has 2 unspecified atom stereocenters. The van der Waals surface area contributed by atoms with Crippen LogP contribution < -0.4 is 10.6 Å². The van der Waals surface area contributed by atoms with Gasteiger partial charge in [-0.25, -0.2) is 0 Å². The Morgan fingerprint density at radius 3 is 2.38 bits per heavy atom. The third-order valence-corrected chi connectivity index (χ3v) is 2.35. The van der Waals surface area contributed by atoms with Crippen molar-refractivity contribution in [1.82, 2.24) is 10.6 Å². The summed E-state index contributed by atoms with van der Waals surface area (Å²) in [4.78, 5) is 32.5. The largest absolute Gasteiger partial charge is 0.481 e. The van der Waals surface area contributed by atoms with Gasteiger partial charge in [-0.15, -0.1) is 0 Å². The van der Waals surface area contributed by atoms with Gasteiger partial charge in [-0.05, 0) is 12.5 Å². The molecule has 2 amide bonds. The molecule has 6 heteroatoms. The van der Waals surface area contributed by atoms with Crippen LogP contribution in [0.4, 0.5) is 0 Å². The Labute approximate surface area is 92.7 Å². The molecule has 6 nitrogen and oxygen atoms in total. The maximum absolute atomic E-state index is 11.3. The second kappa shape index (κ2) is 5.29. The van der Waals surface area contributed by atoms with Crippen LogP contribution in [0.1, 0.15) is 6.42 Å². The van der Waals surface area contributed by atoms with E-state index in [4.69, 9.17) is 5.11 Å². The van der Waals surface area contributed by atoms with E-state index in [1.54, 1.807) is 0 Å². The second-order valence-corrected chi connectivity index (χ2v) is 3.57. The monoisotopic (exact) mass is 226 g/mol. The molecular formula is C10H14N2O4. The highest BCUT2D eigenvalue weighted by molar-refractivity contribution is 5.89. The summed E-state index contributed by atoms with van der Waals surface area (Å²) in [5.74, 6) is -2.44. The van der Waals surface area contributed by atoms with Crippen molar-refractivity contribution >= 4 is 17.8 Å². The first-order valence-electron chi connectivity index (χ1n) is 4.97. The summed E-state index contributed by atoms with van der Waals surface area (Å²) in [6.07, 6.45) is 1.54. The molecule has 0 aromatic carbocycles. The summed E-state index contributed by atoms with van der Waals surface area (Å²) in [5, 5.41) is 13.7. The Kier molecular flexibility index (Phi) is 4.04. The van der Waals surface area contributed by atoms with Gasteiger partial charge in [0, 0.05) is 13.1 Å². The standard InChI is InChI=1S/C10H14N2O4/c1-2-8(13)11-3-4-12-9(14)6-5-7(6)10(15)16/h2,6-7H,1,3-5H2,(H,11,13)(H,12,14)(H,15,16). The molecule has 0 radical (unpaired) electrons. The molecule has 1 aliphatic carbocycles. The van der Waals surface area contributed by atoms with Gasteiger partial charge in [0.05, 0.1) is 11.8 Å². The molecule has 1 aliphatic rings. The first-order chi connectivity index (χ1) is 7.56. The number of amides is 2. The first-order valence-corrected chi connectivity index (χ1v) is 4.97. The minimum absolute atomic E-state index is 0.264. The maximum Gasteiger partial charge on any atom is 0.307 e. The zero-order valence-corrected chi connectivity index (χ0v) is 8.73. The van der Waals surface area contributed by atoms with E-state index in [0.29, 0.717) is 19.5 Å². The van der Waals surface area contributed by atoms with E-state index in [1.807, 2.05) is 0 Å². The van der Waals surface area contributed by atoms with Crippen molar-refractivity contribution in [2.45, 2.75) is 6.42 Å². The van der Waals surface area contributed by atoms with Gasteiger partial charge in [0.25, 0.3) is 0 Å². The number of hydrogen-bond donors (Lipinski definition) is 3. The molecule has 0 aliphatic heterocycles. The molecule has 88 valence electrons. The molecule has 0 saturated heterocycles. The Balaban J connectivity index is 2.10. The van der Waals surface area contributed by atoms with E-state index >= 15 is 0 Å². The van der Waals surface area contributed by atoms with Gasteiger partial charge in [0.1, 0.15) is 0 Å². The average molecular weight is 226 g/mol. The van der Waals surface area contributed by atoms with E-state index in [0.717, 1.165) is 6.08 Å². The van der Waals surface area contributed by atoms with Gasteiger partial charge >= 0.3 is 5.97 Å². The molecule has 1 rings (SSSR count). The van der Waals surface area contributed by atoms with E-state index in [1.165, 1.54) is 0 Å². The van der Waals surface area contributed by atoms with E-state index in [2.05, 4.69) is 17.2 Å². The van der Waals surface area contributed by atoms with Crippen LogP contribution in [0.25, 0.3) is 0 Å². The number of carbonyl (C=O) groups excluding carboxylic acids is 2. The molecular weight excluding hydrogens is 212 g/mol. The van der Waals surface area contributed by atoms with Crippen LogP contribution in [0.2, 0.25) is 0 Å². The molecule has 2 atom stereocenters. The summed E-state index contributed by atoms with van der Waals surface area (Å²) >= 11 is 0. The highest BCUT2D eigenvalue weighted by Gasteiger charge is 2.48. The smallest absolute Gasteiger partial charge is 0.307 e. The van der Waals surface area contributed by atoms with Crippen LogP contribution >= 0.6 is 0 Å². The van der Waals surface area contributed by atoms with Crippen molar-refractivity contribution < 1.29 is 19.5 Å². The first kappa shape index (κ1) is 12.2. The fourth-order valence-electron chi connectivity index (χ4n) is 1.33. The quantitative estimate of drug-likeness (QED) is 0.405. The van der Waals surface area contributed by atoms with Crippen molar-refractivity contribution in [2.24, 2.45) is 11.8 Å². The van der Waals surface area contributed by atoms with Gasteiger partial charge in [-0.1, -0.05) is 6.58 Å². The maximum atomic E-state index is 11.3. The Hall–Kier alpha value is -1.85. The Morgan fingerprint density at radius 2 is 1.88 bits per heavy atom. The van der Waals surface area contributed by atoms with Gasteiger partial charge < -0.3 is 15.7 Å². The summed E-state index contributed by atoms with van der Waals surface area (Å²) < 4.78 is 0. The lowest BCUT2D eigenvalue weighted by molar-refractivity contribution is -0.140. The number of nitrogens with one attached hydrogen (secondary N) is 2. The third-order valence-electron chi connectivity index (χ3n) is 2.35. The molecule has 1 saturated carbocycles. The number of aliphatic carboxylic acids is 1. The number of carboxylic acids is 1. The van der Waals surface area contributed by atoms with Crippen LogP contribution in [0.15, 0.2) is 12.7 Å². The third kappa shape index (κ3) is 3.38. The normalized spacial score (nSPS) is 22.0. The topological polar surface area (TPSA) is 95.5 Å². The highest BCUT2D eigenvalue weighted by atomic mass is 16.4. The number of rotatable bonds is 6. The van der Waals surface area contributed by atoms with Gasteiger partial charge in [0.2, 0.25) is 11.8 Å². The fourth-order valence-corrected chi connectivity index (χ4v) is 1.33. The highest BCUT2D eigenvalue weighted by Crippen LogP contribution is 2.38. The Bertz CT molecular complexity index is 327. The predicted octanol–water partition coefficient (Wildman–Crippen LogP) is -0.874. The predicted molar refractivity (Wildman–Crippen MR) is 55.4 cm³/mol. The Morgan fingerprint density at radius 1 is 1.25 bits per heavy atom. The SMILES string of the molecule is C=CC(=O)NCCNC(=O)C1CC1C(=O)O. The van der Waals surface area contributed by atoms with Gasteiger partial charge in [-0.2, -0.15) is 0 Å². The zero-order valence-electron chi connectivity index (χ0n) is 8.73. The minimum Gasteiger partial charge on any atom is -0.481 e. The summed E-state index contributed by atoms with van der Waals surface area (Å²) in [7, 11) is 0. The molecule has 3 N–H and O–H groups in total. The molecule has 0 aromatic rings. The zero-order chi connectivity index (χ0) is 12.1. The van der Waals surface area contributed by atoms with Crippen LogP contribution in [0.3, 0.4) is 0 Å². The van der Waals surface area contributed by atoms with Crippen molar-refractivity contribution in [2.75, 3.05) is 13.1 Å². The van der Waals surface area contributed by atoms with Crippen molar-refractivity contribution in [3.8, 4) is 0 Å². The van der Waals surface area contributed by atoms with Crippen molar-refractivity contribution in [3.05, 3.63) is 12.7 Å². The summed E-state index contributed by atoms with van der Waals surface area (Å²) in [5.41, 5.74) is 0. The molecule has 1 fully saturated rings. The number of hydrogen-bond acceptors (Lipinski definition) is 3. The van der Waals surface area contributed by atoms with Crippen molar-refractivity contribution in [3.63, 3.8) is 0 Å². The van der Waals surface area contributed by atoms with Crippen LogP contribution in [0, 0.1) is 11.8 Å². The number of carboxylic acid groups (broad SMARTS) is 1. The molecule has 0 aromatic heterocycles. The van der Waals surface area contributed by atoms with Crippen LogP contribution in [-0.2, 0) is 14.4 Å². The van der Waals surface area contributed by atoms with E-state index < -0.39 is 17.8 Å². The molecule has 0 spiro atoms. The molecule has 0 heterocycles. The number of carbonyl (C=O) groups is 3. The average Bonchev–Trinajstić information content (AvgIpc) is 3.03. The lowest BCUT2D eigenvalue weighted by atomic mass is 10.3. The molecule has 0 bridgehead atoms. The second-order valence-electron chi connectivity index (χ2n) is 3.57. The lowest BCUT2D eigenvalue weighted by Gasteiger charge is -2.04. The van der Waals surface area contributed by atoms with Crippen LogP contribution in [0.5, 0.6) is 0 Å².